The number of hydrogen-bond donors (Lipinski definition) is 0. The van der Waals surface area contributed by atoms with E-state index in [0.717, 1.165) is 17.5 Å². The molecule has 5 heteroatoms. The Kier molecular flexibility index (Phi) is 3.38. The molecule has 1 aromatic rings. The van der Waals surface area contributed by atoms with E-state index in [1.165, 1.54) is 0 Å². The Balaban J connectivity index is 2.32. The summed E-state index contributed by atoms with van der Waals surface area (Å²) in [7, 11) is 3.62. The number of methoxy groups -OCH3 is 1. The third-order valence-electron chi connectivity index (χ3n) is 1.19. The molecule has 1 heterocycles. The SMILES string of the molecule is COCCSc1nncn1C. The number of ether oxygens (including phenoxy) is 1. The van der Waals surface area contributed by atoms with Crippen LogP contribution in [0.2, 0.25) is 0 Å². The summed E-state index contributed by atoms with van der Waals surface area (Å²) in [6.07, 6.45) is 1.69. The lowest BCUT2D eigenvalue weighted by molar-refractivity contribution is 0.218. The average Bonchev–Trinajstić information content (AvgIpc) is 2.37. The van der Waals surface area contributed by atoms with Crippen molar-refractivity contribution in [1.82, 2.24) is 14.8 Å². The minimum Gasteiger partial charge on any atom is -0.384 e. The molecular weight excluding hydrogens is 162 g/mol. The van der Waals surface area contributed by atoms with Gasteiger partial charge in [-0.15, -0.1) is 10.2 Å². The molecule has 0 bridgehead atoms. The van der Waals surface area contributed by atoms with E-state index in [-0.39, 0.29) is 0 Å². The van der Waals surface area contributed by atoms with Crippen molar-refractivity contribution in [3.05, 3.63) is 6.33 Å². The predicted octanol–water partition coefficient (Wildman–Crippen LogP) is 0.554. The van der Waals surface area contributed by atoms with Crippen molar-refractivity contribution in [3.8, 4) is 0 Å². The third kappa shape index (κ3) is 2.51. The van der Waals surface area contributed by atoms with Crippen molar-refractivity contribution in [1.29, 1.82) is 0 Å². The summed E-state index contributed by atoms with van der Waals surface area (Å²) in [4.78, 5) is 0. The van der Waals surface area contributed by atoms with Crippen LogP contribution in [0.15, 0.2) is 11.5 Å². The Morgan fingerprint density at radius 1 is 1.73 bits per heavy atom. The molecule has 0 saturated carbocycles. The Morgan fingerprint density at radius 2 is 2.55 bits per heavy atom. The fourth-order valence-electron chi connectivity index (χ4n) is 0.620. The van der Waals surface area contributed by atoms with Crippen LogP contribution in [0, 0.1) is 0 Å². The molecule has 0 aliphatic heterocycles. The van der Waals surface area contributed by atoms with Crippen molar-refractivity contribution in [2.24, 2.45) is 7.05 Å². The lowest BCUT2D eigenvalue weighted by atomic mass is 10.9. The van der Waals surface area contributed by atoms with E-state index < -0.39 is 0 Å². The first-order chi connectivity index (χ1) is 5.34. The molecule has 0 atom stereocenters. The molecule has 62 valence electrons. The van der Waals surface area contributed by atoms with Crippen LogP contribution in [0.3, 0.4) is 0 Å². The van der Waals surface area contributed by atoms with Gasteiger partial charge in [0.15, 0.2) is 5.16 Å². The summed E-state index contributed by atoms with van der Waals surface area (Å²) in [5.41, 5.74) is 0. The lowest BCUT2D eigenvalue weighted by Crippen LogP contribution is -1.95. The molecule has 4 nitrogen and oxygen atoms in total. The number of thioether (sulfide) groups is 1. The molecule has 0 unspecified atom stereocenters. The molecule has 0 amide bonds. The fourth-order valence-corrected chi connectivity index (χ4v) is 1.41. The van der Waals surface area contributed by atoms with Crippen molar-refractivity contribution in [2.45, 2.75) is 5.16 Å². The topological polar surface area (TPSA) is 39.9 Å². The van der Waals surface area contributed by atoms with Gasteiger partial charge in [-0.25, -0.2) is 0 Å². The number of rotatable bonds is 4. The van der Waals surface area contributed by atoms with Crippen molar-refractivity contribution >= 4 is 11.8 Å². The van der Waals surface area contributed by atoms with Crippen LogP contribution in [0.25, 0.3) is 0 Å². The Hall–Kier alpha value is -0.550. The van der Waals surface area contributed by atoms with Crippen molar-refractivity contribution < 1.29 is 4.74 Å². The first-order valence-corrected chi connectivity index (χ1v) is 4.29. The number of nitrogens with zero attached hydrogens (tertiary/aromatic N) is 3. The van der Waals surface area contributed by atoms with Gasteiger partial charge in [-0.2, -0.15) is 0 Å². The van der Waals surface area contributed by atoms with Gasteiger partial charge in [0.2, 0.25) is 0 Å². The minimum atomic E-state index is 0.748. The molecule has 0 aliphatic carbocycles. The highest BCUT2D eigenvalue weighted by molar-refractivity contribution is 7.99. The zero-order valence-corrected chi connectivity index (χ0v) is 7.47. The zero-order valence-electron chi connectivity index (χ0n) is 6.65. The van der Waals surface area contributed by atoms with Crippen LogP contribution in [0.5, 0.6) is 0 Å². The number of aryl methyl sites for hydroxylation is 1. The van der Waals surface area contributed by atoms with Gasteiger partial charge in [0.05, 0.1) is 6.61 Å². The Bertz CT molecular complexity index is 213. The molecule has 0 spiro atoms. The van der Waals surface area contributed by atoms with Crippen LogP contribution in [-0.4, -0.2) is 34.2 Å². The van der Waals surface area contributed by atoms with Crippen molar-refractivity contribution in [2.75, 3.05) is 19.5 Å². The molecule has 1 aromatic heterocycles. The first-order valence-electron chi connectivity index (χ1n) is 3.30. The van der Waals surface area contributed by atoms with Gasteiger partial charge in [0.1, 0.15) is 6.33 Å². The Labute approximate surface area is 70.0 Å². The first kappa shape index (κ1) is 8.55. The highest BCUT2D eigenvalue weighted by Crippen LogP contribution is 2.11. The summed E-state index contributed by atoms with van der Waals surface area (Å²) in [6.45, 7) is 0.748. The normalized spacial score (nSPS) is 10.4. The molecule has 0 N–H and O–H groups in total. The lowest BCUT2D eigenvalue weighted by Gasteiger charge is -1.97. The second-order valence-corrected chi connectivity index (χ2v) is 3.13. The van der Waals surface area contributed by atoms with Crippen LogP contribution in [0.1, 0.15) is 0 Å². The molecule has 1 rings (SSSR count). The molecule has 0 saturated heterocycles. The monoisotopic (exact) mass is 173 g/mol. The summed E-state index contributed by atoms with van der Waals surface area (Å²) >= 11 is 1.64. The Morgan fingerprint density at radius 3 is 3.09 bits per heavy atom. The van der Waals surface area contributed by atoms with Crippen LogP contribution in [-0.2, 0) is 11.8 Å². The molecular formula is C6H11N3OS. The van der Waals surface area contributed by atoms with Gasteiger partial charge < -0.3 is 9.30 Å². The molecule has 0 aromatic carbocycles. The van der Waals surface area contributed by atoms with Crippen LogP contribution >= 0.6 is 11.8 Å². The fraction of sp³-hybridized carbons (Fsp3) is 0.667. The van der Waals surface area contributed by atoms with E-state index in [9.17, 15) is 0 Å². The average molecular weight is 173 g/mol. The third-order valence-corrected chi connectivity index (χ3v) is 2.19. The quantitative estimate of drug-likeness (QED) is 0.492. The van der Waals surface area contributed by atoms with Gasteiger partial charge >= 0.3 is 0 Å². The highest BCUT2D eigenvalue weighted by Gasteiger charge is 1.98. The maximum absolute atomic E-state index is 4.90. The van der Waals surface area contributed by atoms with Crippen LogP contribution in [0.4, 0.5) is 0 Å². The molecule has 11 heavy (non-hydrogen) atoms. The largest absolute Gasteiger partial charge is 0.384 e. The summed E-state index contributed by atoms with van der Waals surface area (Å²) in [6, 6.07) is 0. The van der Waals surface area contributed by atoms with Gasteiger partial charge in [0.25, 0.3) is 0 Å². The second-order valence-electron chi connectivity index (χ2n) is 2.07. The highest BCUT2D eigenvalue weighted by atomic mass is 32.2. The molecule has 0 aliphatic rings. The maximum Gasteiger partial charge on any atom is 0.190 e. The maximum atomic E-state index is 4.90. The van der Waals surface area contributed by atoms with Crippen LogP contribution < -0.4 is 0 Å². The van der Waals surface area contributed by atoms with Gasteiger partial charge in [-0.1, -0.05) is 11.8 Å². The zero-order chi connectivity index (χ0) is 8.10. The number of hydrogen-bond acceptors (Lipinski definition) is 4. The molecule has 0 fully saturated rings. The van der Waals surface area contributed by atoms with E-state index in [2.05, 4.69) is 10.2 Å². The van der Waals surface area contributed by atoms with E-state index >= 15 is 0 Å². The summed E-state index contributed by atoms with van der Waals surface area (Å²) < 4.78 is 6.79. The van der Waals surface area contributed by atoms with Gasteiger partial charge in [-0.05, 0) is 0 Å². The van der Waals surface area contributed by atoms with Gasteiger partial charge in [-0.3, -0.25) is 0 Å². The van der Waals surface area contributed by atoms with E-state index in [0.29, 0.717) is 0 Å². The minimum absolute atomic E-state index is 0.748. The van der Waals surface area contributed by atoms with E-state index in [1.807, 2.05) is 11.6 Å². The smallest absolute Gasteiger partial charge is 0.190 e. The summed E-state index contributed by atoms with van der Waals surface area (Å²) in [5, 5.41) is 8.59. The predicted molar refractivity (Wildman–Crippen MR) is 43.6 cm³/mol. The summed E-state index contributed by atoms with van der Waals surface area (Å²) in [5.74, 6) is 0.920. The van der Waals surface area contributed by atoms with Crippen molar-refractivity contribution in [3.63, 3.8) is 0 Å². The number of aromatic nitrogens is 3. The standard InChI is InChI=1S/C6H11N3OS/c1-9-5-7-8-6(9)11-4-3-10-2/h5H,3-4H2,1-2H3. The van der Waals surface area contributed by atoms with Gasteiger partial charge in [0, 0.05) is 19.9 Å². The second kappa shape index (κ2) is 4.35. The molecule has 0 radical (unpaired) electrons. The van der Waals surface area contributed by atoms with E-state index in [4.69, 9.17) is 4.74 Å². The van der Waals surface area contributed by atoms with E-state index in [1.54, 1.807) is 25.2 Å².